The summed E-state index contributed by atoms with van der Waals surface area (Å²) in [4.78, 5) is 37.0. The standard InChI is InChI=1S/C45H42F6N10OS2/c1-29-21-39(44(46,47)48)56-60(29)25-37(58-17-11-33(12-18-58)42-54-35(27-63-42)9-7-31-5-3-15-52-23-31)41(62)38(26-61-30(2)22-40(57-61)45(49,50)51)59-19-13-34(14-20-59)43-55-36(28-64-43)10-8-32-6-4-16-53-24-32/h3-6,15-16,21-24,27-28,33-34,37-38H,11-14,17-20,25-26H2,1-2H3. The fourth-order valence-corrected chi connectivity index (χ4v) is 9.96. The van der Waals surface area contributed by atoms with Crippen LogP contribution in [0.2, 0.25) is 0 Å². The number of carbonyl (C=O) groups is 1. The first kappa shape index (κ1) is 44.9. The molecule has 0 N–H and O–H groups in total. The van der Waals surface area contributed by atoms with Crippen LogP contribution in [0, 0.1) is 37.5 Å². The summed E-state index contributed by atoms with van der Waals surface area (Å²) in [5, 5.41) is 13.4. The van der Waals surface area contributed by atoms with Gasteiger partial charge in [-0.25, -0.2) is 9.97 Å². The van der Waals surface area contributed by atoms with Crippen LogP contribution in [0.4, 0.5) is 26.3 Å². The topological polar surface area (TPSA) is 111 Å². The maximum absolute atomic E-state index is 15.3. The number of hydrogen-bond acceptors (Lipinski definition) is 11. The molecule has 0 aliphatic carbocycles. The summed E-state index contributed by atoms with van der Waals surface area (Å²) in [6.45, 7) is 4.35. The minimum atomic E-state index is -4.70. The number of Topliss-reactive ketones (excluding diaryl/α,β-unsaturated/α-hetero) is 1. The molecule has 2 aliphatic heterocycles. The zero-order valence-electron chi connectivity index (χ0n) is 34.8. The molecule has 332 valence electrons. The van der Waals surface area contributed by atoms with E-state index < -0.39 is 35.8 Å². The number of thiazole rings is 2. The number of alkyl halides is 6. The van der Waals surface area contributed by atoms with Crippen molar-refractivity contribution in [3.05, 3.63) is 127 Å². The predicted octanol–water partition coefficient (Wildman–Crippen LogP) is 8.00. The van der Waals surface area contributed by atoms with Gasteiger partial charge in [-0.3, -0.25) is 33.9 Å². The number of rotatable bonds is 10. The maximum Gasteiger partial charge on any atom is 0.435 e. The van der Waals surface area contributed by atoms with E-state index in [9.17, 15) is 26.3 Å². The van der Waals surface area contributed by atoms with Gasteiger partial charge in [0.15, 0.2) is 17.2 Å². The molecule has 0 amide bonds. The number of likely N-dealkylation sites (tertiary alicyclic amines) is 2. The Labute approximate surface area is 373 Å². The highest BCUT2D eigenvalue weighted by Crippen LogP contribution is 2.35. The van der Waals surface area contributed by atoms with E-state index in [2.05, 4.69) is 43.8 Å². The molecule has 2 aliphatic rings. The van der Waals surface area contributed by atoms with E-state index in [1.54, 1.807) is 36.9 Å². The number of carbonyl (C=O) groups excluding carboxylic acids is 1. The van der Waals surface area contributed by atoms with Crippen molar-refractivity contribution in [3.63, 3.8) is 0 Å². The summed E-state index contributed by atoms with van der Waals surface area (Å²) in [6, 6.07) is 7.31. The molecule has 0 spiro atoms. The summed E-state index contributed by atoms with van der Waals surface area (Å²) in [5.74, 6) is 12.1. The molecule has 6 aromatic heterocycles. The summed E-state index contributed by atoms with van der Waals surface area (Å²) in [6.07, 6.45) is -0.252. The Morgan fingerprint density at radius 3 is 1.42 bits per heavy atom. The third kappa shape index (κ3) is 10.8. The van der Waals surface area contributed by atoms with Crippen LogP contribution in [-0.4, -0.2) is 93.3 Å². The van der Waals surface area contributed by atoms with E-state index in [1.165, 1.54) is 45.9 Å². The molecule has 2 unspecified atom stereocenters. The van der Waals surface area contributed by atoms with Gasteiger partial charge in [-0.05, 0) is 114 Å². The molecule has 2 saturated heterocycles. The van der Waals surface area contributed by atoms with Crippen molar-refractivity contribution in [3.8, 4) is 23.7 Å². The SMILES string of the molecule is Cc1cc(C(F)(F)F)nn1CC(C(=O)C(Cn1nc(C(F)(F)F)cc1C)N1CCC(c2nc(C#Cc3cccnc3)cs2)CC1)N1CCC(c2nc(C#Cc3cccnc3)cs2)CC1. The second kappa shape index (κ2) is 19.2. The second-order valence-electron chi connectivity index (χ2n) is 15.9. The van der Waals surface area contributed by atoms with E-state index in [4.69, 9.17) is 9.97 Å². The number of halogens is 6. The normalized spacial score (nSPS) is 16.8. The Hall–Kier alpha value is -5.73. The lowest BCUT2D eigenvalue weighted by atomic mass is 9.91. The summed E-state index contributed by atoms with van der Waals surface area (Å²) in [7, 11) is 0. The van der Waals surface area contributed by atoms with Gasteiger partial charge >= 0.3 is 12.4 Å². The quantitative estimate of drug-likeness (QED) is 0.0998. The zero-order valence-corrected chi connectivity index (χ0v) is 36.4. The first-order valence-corrected chi connectivity index (χ1v) is 22.4. The van der Waals surface area contributed by atoms with Crippen molar-refractivity contribution in [2.75, 3.05) is 26.2 Å². The van der Waals surface area contributed by atoms with Crippen LogP contribution in [0.3, 0.4) is 0 Å². The Morgan fingerprint density at radius 1 is 0.672 bits per heavy atom. The number of aryl methyl sites for hydroxylation is 2. The Bertz CT molecular complexity index is 2490. The summed E-state index contributed by atoms with van der Waals surface area (Å²) < 4.78 is 85.8. The van der Waals surface area contributed by atoms with Gasteiger partial charge in [0, 0.05) is 69.9 Å². The molecule has 2 atom stereocenters. The van der Waals surface area contributed by atoms with Crippen molar-refractivity contribution < 1.29 is 31.1 Å². The van der Waals surface area contributed by atoms with E-state index >= 15 is 4.79 Å². The van der Waals surface area contributed by atoms with E-state index in [1.807, 2.05) is 32.7 Å². The first-order valence-electron chi connectivity index (χ1n) is 20.7. The Kier molecular flexibility index (Phi) is 13.4. The van der Waals surface area contributed by atoms with Crippen LogP contribution < -0.4 is 0 Å². The number of nitrogens with zero attached hydrogens (tertiary/aromatic N) is 10. The Balaban J connectivity index is 1.05. The lowest BCUT2D eigenvalue weighted by molar-refractivity contribution is -0.142. The summed E-state index contributed by atoms with van der Waals surface area (Å²) in [5.41, 5.74) is 1.11. The molecule has 6 aromatic rings. The predicted molar refractivity (Wildman–Crippen MR) is 228 cm³/mol. The third-order valence-electron chi connectivity index (χ3n) is 11.6. The molecule has 2 fully saturated rings. The number of pyridine rings is 2. The molecule has 0 radical (unpaired) electrons. The third-order valence-corrected chi connectivity index (χ3v) is 13.6. The van der Waals surface area contributed by atoms with Gasteiger partial charge in [0.25, 0.3) is 0 Å². The highest BCUT2D eigenvalue weighted by atomic mass is 32.1. The number of hydrogen-bond donors (Lipinski definition) is 0. The average Bonchev–Trinajstić information content (AvgIpc) is 4.11. The second-order valence-corrected chi connectivity index (χ2v) is 17.7. The highest BCUT2D eigenvalue weighted by Gasteiger charge is 2.42. The molecule has 8 heterocycles. The molecule has 0 bridgehead atoms. The number of ketones is 1. The van der Waals surface area contributed by atoms with E-state index in [0.29, 0.717) is 63.3 Å². The van der Waals surface area contributed by atoms with Gasteiger partial charge < -0.3 is 0 Å². The maximum atomic E-state index is 15.3. The van der Waals surface area contributed by atoms with Crippen LogP contribution in [0.25, 0.3) is 0 Å². The molecule has 8 rings (SSSR count). The molecule has 0 saturated carbocycles. The van der Waals surface area contributed by atoms with Crippen LogP contribution in [0.5, 0.6) is 0 Å². The van der Waals surface area contributed by atoms with Crippen molar-refractivity contribution >= 4 is 28.5 Å². The first-order chi connectivity index (χ1) is 30.7. The van der Waals surface area contributed by atoms with Crippen LogP contribution in [-0.2, 0) is 30.2 Å². The van der Waals surface area contributed by atoms with Crippen molar-refractivity contribution in [2.24, 2.45) is 0 Å². The van der Waals surface area contributed by atoms with Gasteiger partial charge in [0.1, 0.15) is 11.4 Å². The minimum absolute atomic E-state index is 0.0595. The van der Waals surface area contributed by atoms with Crippen LogP contribution in [0.1, 0.15) is 92.8 Å². The van der Waals surface area contributed by atoms with Crippen molar-refractivity contribution in [1.29, 1.82) is 0 Å². The number of aromatic nitrogens is 8. The lowest BCUT2D eigenvalue weighted by Crippen LogP contribution is -2.57. The largest absolute Gasteiger partial charge is 0.435 e. The van der Waals surface area contributed by atoms with Crippen LogP contribution in [0.15, 0.2) is 71.9 Å². The van der Waals surface area contributed by atoms with Crippen molar-refractivity contribution in [1.82, 2.24) is 49.3 Å². The average molecular weight is 917 g/mol. The molecular weight excluding hydrogens is 875 g/mol. The monoisotopic (exact) mass is 916 g/mol. The molecule has 19 heteroatoms. The molecule has 0 aromatic carbocycles. The van der Waals surface area contributed by atoms with Gasteiger partial charge in [0.05, 0.1) is 35.2 Å². The van der Waals surface area contributed by atoms with Crippen LogP contribution >= 0.6 is 22.7 Å². The highest BCUT2D eigenvalue weighted by molar-refractivity contribution is 7.10. The van der Waals surface area contributed by atoms with E-state index in [0.717, 1.165) is 33.3 Å². The zero-order chi connectivity index (χ0) is 45.0. The minimum Gasteiger partial charge on any atom is -0.296 e. The number of piperidine rings is 2. The molecule has 64 heavy (non-hydrogen) atoms. The molecular formula is C45H42F6N10OS2. The Morgan fingerprint density at radius 2 is 1.08 bits per heavy atom. The van der Waals surface area contributed by atoms with E-state index in [-0.39, 0.29) is 42.1 Å². The van der Waals surface area contributed by atoms with Crippen molar-refractivity contribution in [2.45, 2.75) is 88.9 Å². The van der Waals surface area contributed by atoms with Gasteiger partial charge in [-0.2, -0.15) is 36.5 Å². The van der Waals surface area contributed by atoms with Gasteiger partial charge in [-0.1, -0.05) is 11.8 Å². The van der Waals surface area contributed by atoms with Gasteiger partial charge in [-0.15, -0.1) is 22.7 Å². The molecule has 11 nitrogen and oxygen atoms in total. The van der Waals surface area contributed by atoms with Gasteiger partial charge in [0.2, 0.25) is 0 Å². The smallest absolute Gasteiger partial charge is 0.296 e. The lowest BCUT2D eigenvalue weighted by Gasteiger charge is -2.41. The summed E-state index contributed by atoms with van der Waals surface area (Å²) >= 11 is 3.01. The fourth-order valence-electron chi connectivity index (χ4n) is 8.11. The fraction of sp³-hybridized carbons (Fsp3) is 0.400.